The third-order valence-electron chi connectivity index (χ3n) is 4.38. The zero-order valence-corrected chi connectivity index (χ0v) is 13.3. The van der Waals surface area contributed by atoms with Crippen LogP contribution in [0.4, 0.5) is 0 Å². The molecule has 1 fully saturated rings. The van der Waals surface area contributed by atoms with E-state index in [-0.39, 0.29) is 11.5 Å². The van der Waals surface area contributed by atoms with Gasteiger partial charge in [0.2, 0.25) is 5.89 Å². The maximum absolute atomic E-state index is 6.20. The fraction of sp³-hybridized carbons (Fsp3) is 0.500. The van der Waals surface area contributed by atoms with Crippen molar-refractivity contribution in [1.82, 2.24) is 10.1 Å². The summed E-state index contributed by atoms with van der Waals surface area (Å²) < 4.78 is 5.48. The van der Waals surface area contributed by atoms with Gasteiger partial charge in [0.15, 0.2) is 5.82 Å². The minimum Gasteiger partial charge on any atom is -0.339 e. The SMILES string of the molecule is Cc1ccc(SCc2noc(C3(C)CCCC3N)n2)cc1. The molecule has 0 aliphatic heterocycles. The van der Waals surface area contributed by atoms with Gasteiger partial charge in [-0.05, 0) is 38.8 Å². The fourth-order valence-electron chi connectivity index (χ4n) is 2.79. The molecule has 0 radical (unpaired) electrons. The summed E-state index contributed by atoms with van der Waals surface area (Å²) in [5.74, 6) is 2.17. The van der Waals surface area contributed by atoms with Crippen LogP contribution in [0.5, 0.6) is 0 Å². The van der Waals surface area contributed by atoms with Crippen LogP contribution >= 0.6 is 11.8 Å². The number of thioether (sulfide) groups is 1. The molecule has 21 heavy (non-hydrogen) atoms. The summed E-state index contributed by atoms with van der Waals surface area (Å²) in [6.07, 6.45) is 3.20. The zero-order chi connectivity index (χ0) is 14.9. The van der Waals surface area contributed by atoms with Crippen molar-refractivity contribution in [3.05, 3.63) is 41.5 Å². The van der Waals surface area contributed by atoms with Crippen LogP contribution in [0.2, 0.25) is 0 Å². The zero-order valence-electron chi connectivity index (χ0n) is 12.5. The highest BCUT2D eigenvalue weighted by Gasteiger charge is 2.42. The molecule has 5 heteroatoms. The van der Waals surface area contributed by atoms with E-state index in [0.29, 0.717) is 5.89 Å². The quantitative estimate of drug-likeness (QED) is 0.877. The van der Waals surface area contributed by atoms with Crippen LogP contribution < -0.4 is 5.73 Å². The number of nitrogens with zero attached hydrogens (tertiary/aromatic N) is 2. The second-order valence-corrected chi connectivity index (χ2v) is 7.08. The van der Waals surface area contributed by atoms with E-state index in [0.717, 1.165) is 30.8 Å². The van der Waals surface area contributed by atoms with Crippen LogP contribution in [0.3, 0.4) is 0 Å². The van der Waals surface area contributed by atoms with Crippen molar-refractivity contribution in [3.63, 3.8) is 0 Å². The summed E-state index contributed by atoms with van der Waals surface area (Å²) >= 11 is 1.72. The molecule has 1 aromatic carbocycles. The summed E-state index contributed by atoms with van der Waals surface area (Å²) in [6, 6.07) is 8.59. The minimum atomic E-state index is -0.153. The molecule has 2 N–H and O–H groups in total. The maximum Gasteiger partial charge on any atom is 0.234 e. The molecule has 3 rings (SSSR count). The van der Waals surface area contributed by atoms with Gasteiger partial charge in [0.05, 0.1) is 11.2 Å². The van der Waals surface area contributed by atoms with E-state index in [1.807, 2.05) is 0 Å². The lowest BCUT2D eigenvalue weighted by Gasteiger charge is -2.23. The number of hydrogen-bond donors (Lipinski definition) is 1. The average molecular weight is 303 g/mol. The van der Waals surface area contributed by atoms with Crippen LogP contribution in [0.1, 0.15) is 43.5 Å². The highest BCUT2D eigenvalue weighted by Crippen LogP contribution is 2.39. The summed E-state index contributed by atoms with van der Waals surface area (Å²) in [5, 5.41) is 4.11. The lowest BCUT2D eigenvalue weighted by Crippen LogP contribution is -2.38. The number of benzene rings is 1. The van der Waals surface area contributed by atoms with Gasteiger partial charge >= 0.3 is 0 Å². The molecule has 0 spiro atoms. The first kappa shape index (κ1) is 14.6. The second-order valence-electron chi connectivity index (χ2n) is 6.03. The van der Waals surface area contributed by atoms with Crippen LogP contribution in [-0.4, -0.2) is 16.2 Å². The Balaban J connectivity index is 1.67. The molecule has 112 valence electrons. The van der Waals surface area contributed by atoms with Gasteiger partial charge in [-0.1, -0.05) is 29.3 Å². The van der Waals surface area contributed by atoms with Crippen molar-refractivity contribution >= 4 is 11.8 Å². The fourth-order valence-corrected chi connectivity index (χ4v) is 3.53. The van der Waals surface area contributed by atoms with E-state index in [1.165, 1.54) is 10.5 Å². The molecule has 0 amide bonds. The molecule has 1 aromatic heterocycles. The van der Waals surface area contributed by atoms with Gasteiger partial charge in [0.25, 0.3) is 0 Å². The molecule has 0 saturated heterocycles. The maximum atomic E-state index is 6.20. The molecule has 0 bridgehead atoms. The number of hydrogen-bond acceptors (Lipinski definition) is 5. The topological polar surface area (TPSA) is 64.9 Å². The second kappa shape index (κ2) is 5.81. The third-order valence-corrected chi connectivity index (χ3v) is 5.38. The van der Waals surface area contributed by atoms with E-state index in [1.54, 1.807) is 11.8 Å². The lowest BCUT2D eigenvalue weighted by molar-refractivity contribution is 0.277. The molecule has 2 aromatic rings. The first-order chi connectivity index (χ1) is 10.1. The summed E-state index contributed by atoms with van der Waals surface area (Å²) in [4.78, 5) is 5.79. The first-order valence-electron chi connectivity index (χ1n) is 7.36. The van der Waals surface area contributed by atoms with Gasteiger partial charge in [0.1, 0.15) is 0 Å². The Labute approximate surface area is 129 Å². The Bertz CT molecular complexity index is 610. The summed E-state index contributed by atoms with van der Waals surface area (Å²) in [6.45, 7) is 4.22. The average Bonchev–Trinajstić information content (AvgIpc) is 3.07. The molecule has 4 nitrogen and oxygen atoms in total. The highest BCUT2D eigenvalue weighted by molar-refractivity contribution is 7.98. The van der Waals surface area contributed by atoms with E-state index in [2.05, 4.69) is 48.3 Å². The van der Waals surface area contributed by atoms with Crippen molar-refractivity contribution in [2.24, 2.45) is 5.73 Å². The number of nitrogens with two attached hydrogens (primary N) is 1. The van der Waals surface area contributed by atoms with Crippen LogP contribution in [-0.2, 0) is 11.2 Å². The molecule has 1 aliphatic rings. The van der Waals surface area contributed by atoms with Gasteiger partial charge < -0.3 is 10.3 Å². The van der Waals surface area contributed by atoms with Crippen molar-refractivity contribution in [2.75, 3.05) is 0 Å². The van der Waals surface area contributed by atoms with Gasteiger partial charge in [0, 0.05) is 10.9 Å². The molecular weight excluding hydrogens is 282 g/mol. The van der Waals surface area contributed by atoms with E-state index in [9.17, 15) is 0 Å². The lowest BCUT2D eigenvalue weighted by atomic mass is 9.85. The Kier molecular flexibility index (Phi) is 4.04. The Morgan fingerprint density at radius 2 is 2.14 bits per heavy atom. The van der Waals surface area contributed by atoms with Gasteiger partial charge in [-0.3, -0.25) is 0 Å². The predicted octanol–water partition coefficient (Wildman–Crippen LogP) is 3.44. The molecule has 1 aliphatic carbocycles. The minimum absolute atomic E-state index is 0.121. The normalized spacial score (nSPS) is 25.4. The Hall–Kier alpha value is -1.33. The Morgan fingerprint density at radius 1 is 1.38 bits per heavy atom. The monoisotopic (exact) mass is 303 g/mol. The first-order valence-corrected chi connectivity index (χ1v) is 8.34. The van der Waals surface area contributed by atoms with E-state index < -0.39 is 0 Å². The van der Waals surface area contributed by atoms with Crippen LogP contribution in [0.15, 0.2) is 33.7 Å². The highest BCUT2D eigenvalue weighted by atomic mass is 32.2. The van der Waals surface area contributed by atoms with Crippen molar-refractivity contribution in [1.29, 1.82) is 0 Å². The van der Waals surface area contributed by atoms with E-state index >= 15 is 0 Å². The summed E-state index contributed by atoms with van der Waals surface area (Å²) in [5.41, 5.74) is 7.32. The molecular formula is C16H21N3OS. The van der Waals surface area contributed by atoms with E-state index in [4.69, 9.17) is 10.3 Å². The third kappa shape index (κ3) is 2.99. The largest absolute Gasteiger partial charge is 0.339 e. The smallest absolute Gasteiger partial charge is 0.234 e. The number of aromatic nitrogens is 2. The molecule has 2 unspecified atom stereocenters. The standard InChI is InChI=1S/C16H21N3OS/c1-11-5-7-12(8-6-11)21-10-14-18-15(20-19-14)16(2)9-3-4-13(16)17/h5-8,13H,3-4,9-10,17H2,1-2H3. The van der Waals surface area contributed by atoms with Crippen LogP contribution in [0.25, 0.3) is 0 Å². The molecule has 1 saturated carbocycles. The predicted molar refractivity (Wildman–Crippen MR) is 84.2 cm³/mol. The van der Waals surface area contributed by atoms with Crippen LogP contribution in [0, 0.1) is 6.92 Å². The molecule has 1 heterocycles. The van der Waals surface area contributed by atoms with Gasteiger partial charge in [-0.25, -0.2) is 0 Å². The van der Waals surface area contributed by atoms with Gasteiger partial charge in [-0.15, -0.1) is 11.8 Å². The number of rotatable bonds is 4. The van der Waals surface area contributed by atoms with Crippen molar-refractivity contribution in [2.45, 2.75) is 55.2 Å². The Morgan fingerprint density at radius 3 is 2.81 bits per heavy atom. The summed E-state index contributed by atoms with van der Waals surface area (Å²) in [7, 11) is 0. The van der Waals surface area contributed by atoms with Gasteiger partial charge in [-0.2, -0.15) is 4.98 Å². The van der Waals surface area contributed by atoms with Crippen molar-refractivity contribution in [3.8, 4) is 0 Å². The molecule has 2 atom stereocenters. The number of aryl methyl sites for hydroxylation is 1. The van der Waals surface area contributed by atoms with Crippen molar-refractivity contribution < 1.29 is 4.52 Å².